The smallest absolute Gasteiger partial charge is 0.303 e. The van der Waals surface area contributed by atoms with Crippen molar-refractivity contribution in [2.45, 2.75) is 51.0 Å². The van der Waals surface area contributed by atoms with Crippen molar-refractivity contribution in [1.29, 1.82) is 0 Å². The van der Waals surface area contributed by atoms with Gasteiger partial charge in [0.1, 0.15) is 22.8 Å². The van der Waals surface area contributed by atoms with E-state index in [0.717, 1.165) is 31.2 Å². The average Bonchev–Trinajstić information content (AvgIpc) is 3.10. The summed E-state index contributed by atoms with van der Waals surface area (Å²) in [5.74, 6) is -1.67. The van der Waals surface area contributed by atoms with Gasteiger partial charge in [-0.25, -0.2) is 0 Å². The summed E-state index contributed by atoms with van der Waals surface area (Å²) in [6, 6.07) is 12.4. The van der Waals surface area contributed by atoms with Gasteiger partial charge in [0, 0.05) is 12.1 Å². The number of aliphatic carboxylic acids is 1. The Morgan fingerprint density at radius 3 is 2.26 bits per heavy atom. The Hall–Kier alpha value is -4.01. The SMILES string of the molecule is O=C(O)CCCCCCCOc1ccc(NC(=O)C2=C(O)C(Cc3ccc(O)cc3)NC2=O)cc1. The Labute approximate surface area is 203 Å². The lowest BCUT2D eigenvalue weighted by molar-refractivity contribution is -0.137. The van der Waals surface area contributed by atoms with Crippen molar-refractivity contribution in [1.82, 2.24) is 5.32 Å². The minimum Gasteiger partial charge on any atom is -0.509 e. The lowest BCUT2D eigenvalue weighted by Crippen LogP contribution is -2.31. The maximum atomic E-state index is 12.6. The van der Waals surface area contributed by atoms with Crippen LogP contribution in [0.5, 0.6) is 11.5 Å². The van der Waals surface area contributed by atoms with Gasteiger partial charge in [-0.2, -0.15) is 0 Å². The zero-order chi connectivity index (χ0) is 25.2. The van der Waals surface area contributed by atoms with Gasteiger partial charge in [-0.05, 0) is 61.2 Å². The molecule has 0 fully saturated rings. The fraction of sp³-hybridized carbons (Fsp3) is 0.346. The van der Waals surface area contributed by atoms with Crippen molar-refractivity contribution >= 4 is 23.5 Å². The van der Waals surface area contributed by atoms with Gasteiger partial charge in [-0.15, -0.1) is 0 Å². The molecule has 0 spiro atoms. The number of hydrogen-bond donors (Lipinski definition) is 5. The summed E-state index contributed by atoms with van der Waals surface area (Å²) < 4.78 is 5.69. The molecule has 1 aliphatic rings. The molecular weight excluding hydrogens is 452 g/mol. The van der Waals surface area contributed by atoms with Gasteiger partial charge in [0.25, 0.3) is 11.8 Å². The molecule has 35 heavy (non-hydrogen) atoms. The molecule has 0 aromatic heterocycles. The van der Waals surface area contributed by atoms with Crippen LogP contribution in [-0.4, -0.2) is 45.8 Å². The number of aliphatic hydroxyl groups is 1. The predicted octanol–water partition coefficient (Wildman–Crippen LogP) is 3.69. The number of benzene rings is 2. The number of carbonyl (C=O) groups is 3. The summed E-state index contributed by atoms with van der Waals surface area (Å²) in [6.07, 6.45) is 4.86. The number of ether oxygens (including phenoxy) is 1. The molecule has 1 atom stereocenters. The molecule has 0 radical (unpaired) electrons. The van der Waals surface area contributed by atoms with Gasteiger partial charge in [0.05, 0.1) is 12.6 Å². The molecule has 0 aliphatic carbocycles. The Balaban J connectivity index is 1.45. The van der Waals surface area contributed by atoms with E-state index in [1.807, 2.05) is 0 Å². The van der Waals surface area contributed by atoms with Crippen molar-refractivity contribution in [2.24, 2.45) is 0 Å². The van der Waals surface area contributed by atoms with E-state index < -0.39 is 23.8 Å². The van der Waals surface area contributed by atoms with E-state index in [0.29, 0.717) is 24.5 Å². The molecule has 1 heterocycles. The molecule has 1 aliphatic heterocycles. The fourth-order valence-electron chi connectivity index (χ4n) is 3.75. The summed E-state index contributed by atoms with van der Waals surface area (Å²) in [5.41, 5.74) is 0.920. The van der Waals surface area contributed by atoms with Gasteiger partial charge in [0.2, 0.25) is 0 Å². The first kappa shape index (κ1) is 25.6. The Bertz CT molecular complexity index is 1060. The first-order valence-electron chi connectivity index (χ1n) is 11.6. The lowest BCUT2D eigenvalue weighted by Gasteiger charge is -2.11. The van der Waals surface area contributed by atoms with Crippen LogP contribution in [-0.2, 0) is 20.8 Å². The highest BCUT2D eigenvalue weighted by molar-refractivity contribution is 6.24. The third kappa shape index (κ3) is 7.77. The average molecular weight is 483 g/mol. The molecule has 9 heteroatoms. The van der Waals surface area contributed by atoms with Crippen molar-refractivity contribution in [3.05, 3.63) is 65.4 Å². The third-order valence-corrected chi connectivity index (χ3v) is 5.64. The summed E-state index contributed by atoms with van der Waals surface area (Å²) in [6.45, 7) is 0.536. The Morgan fingerprint density at radius 2 is 1.57 bits per heavy atom. The number of anilines is 1. The monoisotopic (exact) mass is 482 g/mol. The van der Waals surface area contributed by atoms with Crippen LogP contribution in [0, 0.1) is 0 Å². The van der Waals surface area contributed by atoms with Crippen LogP contribution in [0.25, 0.3) is 0 Å². The lowest BCUT2D eigenvalue weighted by atomic mass is 10.0. The van der Waals surface area contributed by atoms with E-state index in [9.17, 15) is 24.6 Å². The number of phenols is 1. The third-order valence-electron chi connectivity index (χ3n) is 5.64. The Kier molecular flexibility index (Phi) is 9.11. The fourth-order valence-corrected chi connectivity index (χ4v) is 3.75. The molecule has 186 valence electrons. The van der Waals surface area contributed by atoms with E-state index in [2.05, 4.69) is 10.6 Å². The zero-order valence-electron chi connectivity index (χ0n) is 19.3. The van der Waals surface area contributed by atoms with Gasteiger partial charge in [-0.1, -0.05) is 31.4 Å². The molecule has 1 unspecified atom stereocenters. The number of aliphatic hydroxyl groups excluding tert-OH is 1. The number of rotatable bonds is 13. The van der Waals surface area contributed by atoms with Crippen LogP contribution >= 0.6 is 0 Å². The minimum absolute atomic E-state index is 0.116. The summed E-state index contributed by atoms with van der Waals surface area (Å²) in [5, 5.41) is 33.7. The number of amides is 2. The van der Waals surface area contributed by atoms with Gasteiger partial charge in [0.15, 0.2) is 0 Å². The number of unbranched alkanes of at least 4 members (excludes halogenated alkanes) is 4. The van der Waals surface area contributed by atoms with Crippen molar-refractivity contribution in [2.75, 3.05) is 11.9 Å². The van der Waals surface area contributed by atoms with Crippen LogP contribution in [0.15, 0.2) is 59.9 Å². The molecule has 0 bridgehead atoms. The number of carboxylic acid groups (broad SMARTS) is 1. The van der Waals surface area contributed by atoms with Crippen molar-refractivity contribution < 1.29 is 34.4 Å². The maximum Gasteiger partial charge on any atom is 0.303 e. The van der Waals surface area contributed by atoms with Gasteiger partial charge >= 0.3 is 5.97 Å². The second kappa shape index (κ2) is 12.5. The van der Waals surface area contributed by atoms with E-state index in [1.165, 1.54) is 12.1 Å². The highest BCUT2D eigenvalue weighted by Gasteiger charge is 2.36. The van der Waals surface area contributed by atoms with Crippen LogP contribution in [0.2, 0.25) is 0 Å². The minimum atomic E-state index is -0.761. The van der Waals surface area contributed by atoms with E-state index in [4.69, 9.17) is 9.84 Å². The first-order valence-corrected chi connectivity index (χ1v) is 11.6. The largest absolute Gasteiger partial charge is 0.509 e. The molecule has 2 amide bonds. The number of carbonyl (C=O) groups excluding carboxylic acids is 2. The topological polar surface area (TPSA) is 145 Å². The Morgan fingerprint density at radius 1 is 0.914 bits per heavy atom. The highest BCUT2D eigenvalue weighted by atomic mass is 16.5. The predicted molar refractivity (Wildman–Crippen MR) is 129 cm³/mol. The zero-order valence-corrected chi connectivity index (χ0v) is 19.3. The highest BCUT2D eigenvalue weighted by Crippen LogP contribution is 2.22. The number of nitrogens with one attached hydrogen (secondary N) is 2. The molecular formula is C26H30N2O7. The quantitative estimate of drug-likeness (QED) is 0.216. The van der Waals surface area contributed by atoms with Crippen LogP contribution in [0.1, 0.15) is 44.1 Å². The van der Waals surface area contributed by atoms with E-state index in [1.54, 1.807) is 36.4 Å². The van der Waals surface area contributed by atoms with Crippen molar-refractivity contribution in [3.63, 3.8) is 0 Å². The van der Waals surface area contributed by atoms with E-state index in [-0.39, 0.29) is 29.9 Å². The normalized spacial score (nSPS) is 15.1. The van der Waals surface area contributed by atoms with Gasteiger partial charge < -0.3 is 30.7 Å². The number of phenolic OH excluding ortho intramolecular Hbond substituents is 1. The molecule has 0 saturated carbocycles. The summed E-state index contributed by atoms with van der Waals surface area (Å²) in [7, 11) is 0. The number of aromatic hydroxyl groups is 1. The summed E-state index contributed by atoms with van der Waals surface area (Å²) in [4.78, 5) is 35.4. The molecule has 2 aromatic carbocycles. The second-order valence-corrected chi connectivity index (χ2v) is 8.40. The van der Waals surface area contributed by atoms with Crippen LogP contribution in [0.4, 0.5) is 5.69 Å². The summed E-state index contributed by atoms with van der Waals surface area (Å²) >= 11 is 0. The molecule has 3 rings (SSSR count). The molecule has 9 nitrogen and oxygen atoms in total. The number of carboxylic acids is 1. The molecule has 2 aromatic rings. The van der Waals surface area contributed by atoms with E-state index >= 15 is 0 Å². The molecule has 5 N–H and O–H groups in total. The van der Waals surface area contributed by atoms with Crippen LogP contribution in [0.3, 0.4) is 0 Å². The molecule has 0 saturated heterocycles. The van der Waals surface area contributed by atoms with Crippen molar-refractivity contribution in [3.8, 4) is 11.5 Å². The number of hydrogen-bond acceptors (Lipinski definition) is 6. The van der Waals surface area contributed by atoms with Gasteiger partial charge in [-0.3, -0.25) is 14.4 Å². The van der Waals surface area contributed by atoms with Crippen LogP contribution < -0.4 is 15.4 Å². The maximum absolute atomic E-state index is 12.6. The second-order valence-electron chi connectivity index (χ2n) is 8.40. The standard InChI is InChI=1S/C26H30N2O7/c29-19-11-7-17(8-12-19)16-21-24(32)23(26(34)28-21)25(33)27-18-9-13-20(14-10-18)35-15-5-3-1-2-4-6-22(30)31/h7-14,21,29,32H,1-6,15-16H2,(H,27,33)(H,28,34)(H,30,31). The first-order chi connectivity index (χ1) is 16.8.